The summed E-state index contributed by atoms with van der Waals surface area (Å²) in [7, 11) is -4.54. The SMILES string of the molecule is NCC#Cc1csc(CNS(=O)(=O)C(F)F)c1. The highest BCUT2D eigenvalue weighted by molar-refractivity contribution is 7.89. The predicted molar refractivity (Wildman–Crippen MR) is 62.0 cm³/mol. The largest absolute Gasteiger partial charge is 0.350 e. The van der Waals surface area contributed by atoms with Gasteiger partial charge in [-0.15, -0.1) is 11.3 Å². The van der Waals surface area contributed by atoms with E-state index in [0.717, 1.165) is 0 Å². The summed E-state index contributed by atoms with van der Waals surface area (Å²) >= 11 is 1.24. The molecule has 0 aliphatic heterocycles. The highest BCUT2D eigenvalue weighted by Gasteiger charge is 2.23. The van der Waals surface area contributed by atoms with Crippen LogP contribution in [0, 0.1) is 11.8 Å². The van der Waals surface area contributed by atoms with Crippen LogP contribution in [0.15, 0.2) is 11.4 Å². The molecule has 3 N–H and O–H groups in total. The van der Waals surface area contributed by atoms with Crippen LogP contribution in [0.1, 0.15) is 10.4 Å². The maximum atomic E-state index is 12.0. The number of alkyl halides is 2. The first kappa shape index (κ1) is 14.1. The fourth-order valence-corrected chi connectivity index (χ4v) is 2.26. The van der Waals surface area contributed by atoms with Gasteiger partial charge in [0, 0.05) is 22.4 Å². The Hall–Kier alpha value is -1.01. The molecule has 0 spiro atoms. The minimum Gasteiger partial charge on any atom is -0.320 e. The van der Waals surface area contributed by atoms with Crippen LogP contribution in [0.5, 0.6) is 0 Å². The highest BCUT2D eigenvalue weighted by atomic mass is 32.2. The van der Waals surface area contributed by atoms with Gasteiger partial charge in [-0.2, -0.15) is 8.78 Å². The minimum absolute atomic E-state index is 0.165. The molecule has 0 aromatic carbocycles. The van der Waals surface area contributed by atoms with Crippen molar-refractivity contribution in [2.75, 3.05) is 6.54 Å². The second-order valence-corrected chi connectivity index (χ2v) is 5.67. The lowest BCUT2D eigenvalue weighted by atomic mass is 10.3. The van der Waals surface area contributed by atoms with E-state index in [2.05, 4.69) is 11.8 Å². The Morgan fingerprint density at radius 1 is 1.53 bits per heavy atom. The molecule has 0 aliphatic rings. The predicted octanol–water partition coefficient (Wildman–Crippen LogP) is 0.700. The molecule has 0 aliphatic carbocycles. The number of hydrogen-bond donors (Lipinski definition) is 2. The molecule has 1 heterocycles. The second kappa shape index (κ2) is 6.07. The molecule has 1 aromatic heterocycles. The van der Waals surface area contributed by atoms with Gasteiger partial charge in [0.2, 0.25) is 0 Å². The molecule has 0 amide bonds. The molecule has 1 aromatic rings. The van der Waals surface area contributed by atoms with Gasteiger partial charge in [-0.1, -0.05) is 11.8 Å². The molecule has 0 saturated carbocycles. The van der Waals surface area contributed by atoms with Gasteiger partial charge in [0.25, 0.3) is 10.0 Å². The summed E-state index contributed by atoms with van der Waals surface area (Å²) in [5, 5.41) is 1.70. The van der Waals surface area contributed by atoms with Crippen molar-refractivity contribution in [2.24, 2.45) is 5.73 Å². The van der Waals surface area contributed by atoms with E-state index in [4.69, 9.17) is 5.73 Å². The van der Waals surface area contributed by atoms with E-state index in [0.29, 0.717) is 10.4 Å². The standard InChI is InChI=1S/C9H10F2N2O2S2/c10-9(11)17(14,15)13-5-8-4-7(6-16-8)2-1-3-12/h4,6,9,13H,3,5,12H2. The zero-order chi connectivity index (χ0) is 12.9. The van der Waals surface area contributed by atoms with Gasteiger partial charge in [-0.25, -0.2) is 13.1 Å². The zero-order valence-corrected chi connectivity index (χ0v) is 10.2. The van der Waals surface area contributed by atoms with Crippen LogP contribution in [0.4, 0.5) is 8.78 Å². The Morgan fingerprint density at radius 3 is 2.82 bits per heavy atom. The molecular weight excluding hydrogens is 270 g/mol. The average molecular weight is 280 g/mol. The maximum absolute atomic E-state index is 12.0. The third-order valence-electron chi connectivity index (χ3n) is 1.67. The molecule has 1 rings (SSSR count). The molecule has 0 unspecified atom stereocenters. The van der Waals surface area contributed by atoms with Crippen molar-refractivity contribution < 1.29 is 17.2 Å². The van der Waals surface area contributed by atoms with Crippen molar-refractivity contribution >= 4 is 21.4 Å². The summed E-state index contributed by atoms with van der Waals surface area (Å²) < 4.78 is 47.4. The first-order valence-corrected chi connectivity index (χ1v) is 6.91. The lowest BCUT2D eigenvalue weighted by Crippen LogP contribution is -2.28. The Balaban J connectivity index is 2.62. The smallest absolute Gasteiger partial charge is 0.320 e. The van der Waals surface area contributed by atoms with E-state index in [1.54, 1.807) is 16.2 Å². The third kappa shape index (κ3) is 4.40. The van der Waals surface area contributed by atoms with Crippen LogP contribution in [-0.2, 0) is 16.6 Å². The lowest BCUT2D eigenvalue weighted by Gasteiger charge is -2.02. The van der Waals surface area contributed by atoms with Crippen molar-refractivity contribution in [3.8, 4) is 11.8 Å². The minimum atomic E-state index is -4.54. The van der Waals surface area contributed by atoms with Crippen molar-refractivity contribution in [3.63, 3.8) is 0 Å². The summed E-state index contributed by atoms with van der Waals surface area (Å²) in [6.45, 7) is 0.0604. The van der Waals surface area contributed by atoms with E-state index in [1.807, 2.05) is 0 Å². The van der Waals surface area contributed by atoms with Gasteiger partial charge in [0.05, 0.1) is 6.54 Å². The normalized spacial score (nSPS) is 11.3. The zero-order valence-electron chi connectivity index (χ0n) is 8.61. The van der Waals surface area contributed by atoms with Crippen LogP contribution >= 0.6 is 11.3 Å². The Bertz CT molecular complexity index is 529. The summed E-state index contributed by atoms with van der Waals surface area (Å²) in [5.74, 6) is 1.97. The van der Waals surface area contributed by atoms with Crippen LogP contribution in [0.2, 0.25) is 0 Å². The van der Waals surface area contributed by atoms with Crippen LogP contribution < -0.4 is 10.5 Å². The van der Waals surface area contributed by atoms with Crippen molar-refractivity contribution in [1.82, 2.24) is 4.72 Å². The Labute approximate surface area is 102 Å². The second-order valence-electron chi connectivity index (χ2n) is 2.93. The van der Waals surface area contributed by atoms with Gasteiger partial charge in [0.1, 0.15) is 0 Å². The van der Waals surface area contributed by atoms with Gasteiger partial charge in [-0.05, 0) is 6.07 Å². The molecule has 17 heavy (non-hydrogen) atoms. The fourth-order valence-electron chi connectivity index (χ4n) is 0.927. The summed E-state index contributed by atoms with van der Waals surface area (Å²) in [5.41, 5.74) is 5.87. The van der Waals surface area contributed by atoms with Crippen molar-refractivity contribution in [2.45, 2.75) is 12.3 Å². The number of sulfonamides is 1. The molecule has 0 atom stereocenters. The van der Waals surface area contributed by atoms with E-state index >= 15 is 0 Å². The van der Waals surface area contributed by atoms with Gasteiger partial charge >= 0.3 is 5.76 Å². The van der Waals surface area contributed by atoms with Crippen molar-refractivity contribution in [3.05, 3.63) is 21.9 Å². The number of nitrogens with one attached hydrogen (secondary N) is 1. The highest BCUT2D eigenvalue weighted by Crippen LogP contribution is 2.14. The topological polar surface area (TPSA) is 72.2 Å². The molecule has 0 fully saturated rings. The molecule has 0 radical (unpaired) electrons. The van der Waals surface area contributed by atoms with E-state index < -0.39 is 15.8 Å². The van der Waals surface area contributed by atoms with Gasteiger partial charge in [0.15, 0.2) is 0 Å². The Kier molecular flexibility index (Phi) is 5.02. The van der Waals surface area contributed by atoms with Crippen molar-refractivity contribution in [1.29, 1.82) is 0 Å². The molecule has 94 valence electrons. The molecular formula is C9H10F2N2O2S2. The number of nitrogens with two attached hydrogens (primary N) is 1. The lowest BCUT2D eigenvalue weighted by molar-refractivity contribution is 0.232. The quantitative estimate of drug-likeness (QED) is 0.797. The first-order valence-electron chi connectivity index (χ1n) is 4.48. The molecule has 4 nitrogen and oxygen atoms in total. The maximum Gasteiger partial charge on any atom is 0.350 e. The number of thiophene rings is 1. The fraction of sp³-hybridized carbons (Fsp3) is 0.333. The number of halogens is 2. The first-order chi connectivity index (χ1) is 7.95. The van der Waals surface area contributed by atoms with E-state index in [9.17, 15) is 17.2 Å². The van der Waals surface area contributed by atoms with E-state index in [-0.39, 0.29) is 13.1 Å². The van der Waals surface area contributed by atoms with Crippen LogP contribution in [0.3, 0.4) is 0 Å². The van der Waals surface area contributed by atoms with E-state index in [1.165, 1.54) is 11.3 Å². The van der Waals surface area contributed by atoms with Crippen LogP contribution in [0.25, 0.3) is 0 Å². The number of rotatable bonds is 4. The summed E-state index contributed by atoms with van der Waals surface area (Å²) in [6, 6.07) is 1.63. The Morgan fingerprint density at radius 2 is 2.24 bits per heavy atom. The van der Waals surface area contributed by atoms with Crippen LogP contribution in [-0.4, -0.2) is 20.7 Å². The molecule has 0 saturated heterocycles. The van der Waals surface area contributed by atoms with Gasteiger partial charge < -0.3 is 5.73 Å². The summed E-state index contributed by atoms with van der Waals surface area (Å²) in [6.07, 6.45) is 0. The molecule has 8 heteroatoms. The summed E-state index contributed by atoms with van der Waals surface area (Å²) in [4.78, 5) is 0.607. The third-order valence-corrected chi connectivity index (χ3v) is 3.62. The average Bonchev–Trinajstić information content (AvgIpc) is 2.71. The number of hydrogen-bond acceptors (Lipinski definition) is 4. The molecule has 0 bridgehead atoms. The van der Waals surface area contributed by atoms with Gasteiger partial charge in [-0.3, -0.25) is 0 Å². The monoisotopic (exact) mass is 280 g/mol.